The van der Waals surface area contributed by atoms with Crippen LogP contribution in [0.5, 0.6) is 0 Å². The fraction of sp³-hybridized carbons (Fsp3) is 0.333. The Morgan fingerprint density at radius 1 is 1.07 bits per heavy atom. The Hall–Kier alpha value is -2.53. The van der Waals surface area contributed by atoms with Crippen LogP contribution in [0.3, 0.4) is 0 Å². The van der Waals surface area contributed by atoms with Gasteiger partial charge in [0.1, 0.15) is 0 Å². The lowest BCUT2D eigenvalue weighted by Gasteiger charge is -2.14. The van der Waals surface area contributed by atoms with Crippen LogP contribution in [-0.2, 0) is 4.79 Å². The van der Waals surface area contributed by atoms with Gasteiger partial charge in [-0.1, -0.05) is 41.1 Å². The monoisotopic (exact) mass is 408 g/mol. The number of aryl methyl sites for hydroxylation is 1. The van der Waals surface area contributed by atoms with Crippen LogP contribution in [0.1, 0.15) is 54.9 Å². The minimum Gasteiger partial charge on any atom is -0.352 e. The van der Waals surface area contributed by atoms with Gasteiger partial charge in [-0.3, -0.25) is 9.59 Å². The molecule has 2 aromatic rings. The summed E-state index contributed by atoms with van der Waals surface area (Å²) in [6.45, 7) is 4.17. The predicted octanol–water partition coefficient (Wildman–Crippen LogP) is 5.72. The molecule has 0 aromatic heterocycles. The number of amides is 2. The van der Waals surface area contributed by atoms with E-state index in [1.807, 2.05) is 12.1 Å². The van der Waals surface area contributed by atoms with Gasteiger partial charge in [-0.25, -0.2) is 0 Å². The summed E-state index contributed by atoms with van der Waals surface area (Å²) in [5.74, 6) is -0.266. The minimum absolute atomic E-state index is 0.111. The molecule has 0 unspecified atom stereocenters. The van der Waals surface area contributed by atoms with E-state index in [0.717, 1.165) is 29.1 Å². The van der Waals surface area contributed by atoms with Crippen molar-refractivity contribution in [3.8, 4) is 0 Å². The van der Waals surface area contributed by atoms with Gasteiger partial charge in [0, 0.05) is 28.8 Å². The van der Waals surface area contributed by atoms with Crippen LogP contribution in [0.2, 0.25) is 0 Å². The molecule has 29 heavy (non-hydrogen) atoms. The molecule has 0 aliphatic heterocycles. The highest BCUT2D eigenvalue weighted by Crippen LogP contribution is 2.34. The number of anilines is 1. The van der Waals surface area contributed by atoms with Crippen LogP contribution in [-0.4, -0.2) is 18.4 Å². The number of benzene rings is 2. The molecule has 0 saturated heterocycles. The second-order valence-electron chi connectivity index (χ2n) is 7.42. The Morgan fingerprint density at radius 2 is 1.86 bits per heavy atom. The molecule has 2 aromatic carbocycles. The molecule has 1 aliphatic carbocycles. The molecule has 4 nitrogen and oxygen atoms in total. The van der Waals surface area contributed by atoms with Gasteiger partial charge in [0.05, 0.1) is 5.69 Å². The van der Waals surface area contributed by atoms with Gasteiger partial charge in [-0.15, -0.1) is 0 Å². The number of carbonyl (C=O) groups excluding carboxylic acids is 2. The first kappa shape index (κ1) is 21.2. The van der Waals surface area contributed by atoms with E-state index in [0.29, 0.717) is 17.8 Å². The van der Waals surface area contributed by atoms with Gasteiger partial charge >= 0.3 is 0 Å². The second kappa shape index (κ2) is 10.3. The molecule has 152 valence electrons. The molecule has 2 amide bonds. The van der Waals surface area contributed by atoms with Crippen molar-refractivity contribution in [3.05, 3.63) is 65.2 Å². The largest absolute Gasteiger partial charge is 0.352 e. The lowest BCUT2D eigenvalue weighted by molar-refractivity contribution is -0.114. The summed E-state index contributed by atoms with van der Waals surface area (Å²) in [6, 6.07) is 13.7. The fourth-order valence-electron chi connectivity index (χ4n) is 3.35. The van der Waals surface area contributed by atoms with E-state index in [9.17, 15) is 9.59 Å². The van der Waals surface area contributed by atoms with E-state index in [4.69, 9.17) is 0 Å². The molecule has 0 bridgehead atoms. The van der Waals surface area contributed by atoms with Crippen molar-refractivity contribution in [2.75, 3.05) is 11.9 Å². The molecule has 1 aliphatic rings. The maximum atomic E-state index is 12.6. The third-order valence-corrected chi connectivity index (χ3v) is 6.00. The van der Waals surface area contributed by atoms with Gasteiger partial charge in [0.25, 0.3) is 5.91 Å². The van der Waals surface area contributed by atoms with Crippen LogP contribution in [0.25, 0.3) is 0 Å². The molecule has 0 atom stereocenters. The summed E-state index contributed by atoms with van der Waals surface area (Å²) in [7, 11) is 0. The number of rotatable bonds is 7. The molecule has 0 spiro atoms. The number of nitrogens with one attached hydrogen (secondary N) is 2. The van der Waals surface area contributed by atoms with Crippen LogP contribution >= 0.6 is 11.8 Å². The first-order valence-corrected chi connectivity index (χ1v) is 10.9. The van der Waals surface area contributed by atoms with Crippen LogP contribution < -0.4 is 10.6 Å². The Balaban J connectivity index is 1.68. The van der Waals surface area contributed by atoms with Crippen molar-refractivity contribution in [1.82, 2.24) is 5.32 Å². The van der Waals surface area contributed by atoms with Crippen LogP contribution in [0, 0.1) is 6.92 Å². The maximum absolute atomic E-state index is 12.6. The van der Waals surface area contributed by atoms with Crippen molar-refractivity contribution >= 4 is 29.3 Å². The number of carbonyl (C=O) groups is 2. The zero-order valence-electron chi connectivity index (χ0n) is 17.1. The highest BCUT2D eigenvalue weighted by molar-refractivity contribution is 7.99. The highest BCUT2D eigenvalue weighted by atomic mass is 32.2. The van der Waals surface area contributed by atoms with Gasteiger partial charge in [0.2, 0.25) is 5.91 Å². The van der Waals surface area contributed by atoms with Crippen LogP contribution in [0.4, 0.5) is 5.69 Å². The zero-order valence-corrected chi connectivity index (χ0v) is 17.9. The Labute approximate surface area is 177 Å². The number of hydrogen-bond acceptors (Lipinski definition) is 3. The predicted molar refractivity (Wildman–Crippen MR) is 120 cm³/mol. The summed E-state index contributed by atoms with van der Waals surface area (Å²) in [4.78, 5) is 26.2. The molecular weight excluding hydrogens is 380 g/mol. The van der Waals surface area contributed by atoms with E-state index in [-0.39, 0.29) is 11.8 Å². The van der Waals surface area contributed by atoms with Crippen LogP contribution in [0.15, 0.2) is 63.9 Å². The van der Waals surface area contributed by atoms with E-state index in [1.54, 1.807) is 17.8 Å². The van der Waals surface area contributed by atoms with E-state index in [2.05, 4.69) is 47.9 Å². The summed E-state index contributed by atoms with van der Waals surface area (Å²) >= 11 is 1.57. The third-order valence-electron chi connectivity index (χ3n) is 4.92. The van der Waals surface area contributed by atoms with Gasteiger partial charge < -0.3 is 10.6 Å². The molecular formula is C24H28N2O2S. The number of allylic oxidation sites excluding steroid dienone is 1. The molecule has 5 heteroatoms. The van der Waals surface area contributed by atoms with E-state index >= 15 is 0 Å². The lowest BCUT2D eigenvalue weighted by atomic mass is 9.97. The molecule has 0 fully saturated rings. The van der Waals surface area contributed by atoms with Crippen molar-refractivity contribution in [2.24, 2.45) is 0 Å². The topological polar surface area (TPSA) is 58.2 Å². The Kier molecular flexibility index (Phi) is 7.53. The summed E-state index contributed by atoms with van der Waals surface area (Å²) < 4.78 is 0. The maximum Gasteiger partial charge on any atom is 0.251 e. The zero-order chi connectivity index (χ0) is 20.6. The fourth-order valence-corrected chi connectivity index (χ4v) is 4.23. The van der Waals surface area contributed by atoms with Crippen molar-refractivity contribution in [3.63, 3.8) is 0 Å². The van der Waals surface area contributed by atoms with Crippen molar-refractivity contribution in [2.45, 2.75) is 55.7 Å². The molecule has 3 rings (SSSR count). The second-order valence-corrected chi connectivity index (χ2v) is 8.54. The smallest absolute Gasteiger partial charge is 0.251 e. The summed E-state index contributed by atoms with van der Waals surface area (Å²) in [6.07, 6.45) is 8.04. The first-order valence-electron chi connectivity index (χ1n) is 10.1. The average molecular weight is 409 g/mol. The highest BCUT2D eigenvalue weighted by Gasteiger charge is 2.12. The van der Waals surface area contributed by atoms with Gasteiger partial charge in [-0.05, 0) is 69.4 Å². The molecule has 0 radical (unpaired) electrons. The van der Waals surface area contributed by atoms with Crippen molar-refractivity contribution in [1.29, 1.82) is 0 Å². The Morgan fingerprint density at radius 3 is 2.55 bits per heavy atom. The van der Waals surface area contributed by atoms with Crippen molar-refractivity contribution < 1.29 is 9.59 Å². The quantitative estimate of drug-likeness (QED) is 0.576. The summed E-state index contributed by atoms with van der Waals surface area (Å²) in [5.41, 5.74) is 3.86. The summed E-state index contributed by atoms with van der Waals surface area (Å²) in [5, 5.41) is 5.86. The van der Waals surface area contributed by atoms with Gasteiger partial charge in [-0.2, -0.15) is 0 Å². The molecule has 0 heterocycles. The van der Waals surface area contributed by atoms with Gasteiger partial charge in [0.15, 0.2) is 0 Å². The average Bonchev–Trinajstić information content (AvgIpc) is 2.71. The Bertz CT molecular complexity index is 904. The molecule has 0 saturated carbocycles. The van der Waals surface area contributed by atoms with E-state index < -0.39 is 0 Å². The normalized spacial score (nSPS) is 13.5. The first-order chi connectivity index (χ1) is 14.0. The molecule has 2 N–H and O–H groups in total. The standard InChI is InChI=1S/C24H28N2O2S/c1-17-8-11-21(12-9-17)29-23-13-10-20(16-22(23)26-18(2)27)24(28)25-15-14-19-6-4-3-5-7-19/h6,8-13,16H,3-5,7,14-15H2,1-2H3,(H,25,28)(H,26,27). The number of hydrogen-bond donors (Lipinski definition) is 2. The minimum atomic E-state index is -0.155. The van der Waals surface area contributed by atoms with E-state index in [1.165, 1.54) is 30.9 Å². The lowest BCUT2D eigenvalue weighted by Crippen LogP contribution is -2.25. The third kappa shape index (κ3) is 6.50. The SMILES string of the molecule is CC(=O)Nc1cc(C(=O)NCCC2=CCCCC2)ccc1Sc1ccc(C)cc1.